The third kappa shape index (κ3) is 1.50. The van der Waals surface area contributed by atoms with Crippen LogP contribution in [0.25, 0.3) is 11.1 Å². The smallest absolute Gasteiger partial charge is 0.183 e. The summed E-state index contributed by atoms with van der Waals surface area (Å²) in [5.41, 5.74) is 12.9. The van der Waals surface area contributed by atoms with Gasteiger partial charge in [-0.15, -0.1) is 0 Å². The molecule has 0 aromatic heterocycles. The van der Waals surface area contributed by atoms with Gasteiger partial charge in [-0.05, 0) is 11.6 Å². The highest BCUT2D eigenvalue weighted by atomic mass is 16.3. The number of hydrogen-bond acceptors (Lipinski definition) is 4. The molecular formula is C12H12N2O2. The van der Waals surface area contributed by atoms with Crippen LogP contribution in [0, 0.1) is 0 Å². The Kier molecular flexibility index (Phi) is 2.32. The Morgan fingerprint density at radius 1 is 0.875 bits per heavy atom. The van der Waals surface area contributed by atoms with E-state index in [9.17, 15) is 10.2 Å². The topological polar surface area (TPSA) is 92.5 Å². The van der Waals surface area contributed by atoms with E-state index >= 15 is 0 Å². The predicted molar refractivity (Wildman–Crippen MR) is 64.0 cm³/mol. The average Bonchev–Trinajstić information content (AvgIpc) is 2.32. The zero-order valence-electron chi connectivity index (χ0n) is 8.51. The first-order valence-electron chi connectivity index (χ1n) is 4.76. The van der Waals surface area contributed by atoms with Gasteiger partial charge in [-0.3, -0.25) is 0 Å². The molecule has 0 bridgehead atoms. The minimum atomic E-state index is -0.378. The van der Waals surface area contributed by atoms with Crippen LogP contribution in [0.5, 0.6) is 11.5 Å². The van der Waals surface area contributed by atoms with E-state index in [1.165, 1.54) is 0 Å². The predicted octanol–water partition coefficient (Wildman–Crippen LogP) is 1.93. The lowest BCUT2D eigenvalue weighted by Gasteiger charge is -2.11. The number of phenols is 2. The molecule has 0 fully saturated rings. The number of anilines is 2. The summed E-state index contributed by atoms with van der Waals surface area (Å²) in [5, 5.41) is 19.0. The molecule has 2 rings (SSSR count). The summed E-state index contributed by atoms with van der Waals surface area (Å²) in [6.07, 6.45) is 0. The van der Waals surface area contributed by atoms with Gasteiger partial charge < -0.3 is 21.7 Å². The molecule has 2 aromatic carbocycles. The van der Waals surface area contributed by atoms with Crippen LogP contribution in [0.15, 0.2) is 36.4 Å². The Bertz CT molecular complexity index is 524. The van der Waals surface area contributed by atoms with Gasteiger partial charge in [0.05, 0.1) is 11.4 Å². The Hall–Kier alpha value is -2.36. The SMILES string of the molecule is Nc1cc(-c2ccccc2)c(N)c(O)c1O. The lowest BCUT2D eigenvalue weighted by atomic mass is 10.0. The van der Waals surface area contributed by atoms with Gasteiger partial charge in [-0.2, -0.15) is 0 Å². The maximum Gasteiger partial charge on any atom is 0.183 e. The van der Waals surface area contributed by atoms with Gasteiger partial charge in [0, 0.05) is 5.56 Å². The zero-order valence-corrected chi connectivity index (χ0v) is 8.51. The molecule has 16 heavy (non-hydrogen) atoms. The van der Waals surface area contributed by atoms with Gasteiger partial charge in [0.15, 0.2) is 11.5 Å². The van der Waals surface area contributed by atoms with Crippen molar-refractivity contribution in [2.24, 2.45) is 0 Å². The number of hydrogen-bond donors (Lipinski definition) is 4. The Morgan fingerprint density at radius 3 is 2.12 bits per heavy atom. The van der Waals surface area contributed by atoms with Crippen LogP contribution in [0.4, 0.5) is 11.4 Å². The second kappa shape index (κ2) is 3.66. The minimum absolute atomic E-state index is 0.102. The van der Waals surface area contributed by atoms with Gasteiger partial charge in [0.2, 0.25) is 0 Å². The fraction of sp³-hybridized carbons (Fsp3) is 0. The highest BCUT2D eigenvalue weighted by Gasteiger charge is 2.13. The molecule has 0 saturated heterocycles. The summed E-state index contributed by atoms with van der Waals surface area (Å²) < 4.78 is 0. The average molecular weight is 216 g/mol. The molecule has 0 aliphatic rings. The second-order valence-electron chi connectivity index (χ2n) is 3.49. The van der Waals surface area contributed by atoms with Crippen LogP contribution in [-0.4, -0.2) is 10.2 Å². The molecule has 0 heterocycles. The molecule has 82 valence electrons. The molecule has 0 aliphatic carbocycles. The van der Waals surface area contributed by atoms with Crippen molar-refractivity contribution in [3.63, 3.8) is 0 Å². The van der Waals surface area contributed by atoms with Crippen LogP contribution in [0.2, 0.25) is 0 Å². The normalized spacial score (nSPS) is 10.2. The first-order valence-corrected chi connectivity index (χ1v) is 4.76. The van der Waals surface area contributed by atoms with Crippen LogP contribution in [0.1, 0.15) is 0 Å². The van der Waals surface area contributed by atoms with Crippen molar-refractivity contribution in [3.8, 4) is 22.6 Å². The molecule has 6 N–H and O–H groups in total. The van der Waals surface area contributed by atoms with Crippen LogP contribution in [-0.2, 0) is 0 Å². The molecule has 0 radical (unpaired) electrons. The molecule has 0 unspecified atom stereocenters. The number of nitrogens with two attached hydrogens (primary N) is 2. The molecule has 0 atom stereocenters. The van der Waals surface area contributed by atoms with Crippen LogP contribution >= 0.6 is 0 Å². The standard InChI is InChI=1S/C12H12N2O2/c13-9-6-8(7-4-2-1-3-5-7)10(14)12(16)11(9)15/h1-6,15-16H,13-14H2. The highest BCUT2D eigenvalue weighted by Crippen LogP contribution is 2.42. The largest absolute Gasteiger partial charge is 0.503 e. The van der Waals surface area contributed by atoms with Crippen molar-refractivity contribution in [1.82, 2.24) is 0 Å². The van der Waals surface area contributed by atoms with E-state index in [4.69, 9.17) is 11.5 Å². The lowest BCUT2D eigenvalue weighted by molar-refractivity contribution is 0.408. The number of phenolic OH excluding ortho intramolecular Hbond substituents is 2. The van der Waals surface area contributed by atoms with E-state index in [0.717, 1.165) is 5.56 Å². The third-order valence-corrected chi connectivity index (χ3v) is 2.43. The fourth-order valence-corrected chi connectivity index (χ4v) is 1.55. The maximum absolute atomic E-state index is 9.57. The van der Waals surface area contributed by atoms with E-state index < -0.39 is 0 Å². The van der Waals surface area contributed by atoms with Gasteiger partial charge in [0.1, 0.15) is 0 Å². The van der Waals surface area contributed by atoms with E-state index in [0.29, 0.717) is 5.56 Å². The van der Waals surface area contributed by atoms with Crippen molar-refractivity contribution in [3.05, 3.63) is 36.4 Å². The number of aromatic hydroxyl groups is 2. The molecule has 0 aliphatic heterocycles. The Balaban J connectivity index is 2.68. The molecular weight excluding hydrogens is 204 g/mol. The van der Waals surface area contributed by atoms with Crippen LogP contribution in [0.3, 0.4) is 0 Å². The molecule has 0 saturated carbocycles. The molecule has 4 nitrogen and oxygen atoms in total. The van der Waals surface area contributed by atoms with E-state index in [2.05, 4.69) is 0 Å². The summed E-state index contributed by atoms with van der Waals surface area (Å²) in [6.45, 7) is 0. The summed E-state index contributed by atoms with van der Waals surface area (Å²) in [6, 6.07) is 10.8. The van der Waals surface area contributed by atoms with Gasteiger partial charge in [0.25, 0.3) is 0 Å². The molecule has 0 amide bonds. The number of nitrogen functional groups attached to an aromatic ring is 2. The Labute approximate surface area is 92.8 Å². The molecule has 2 aromatic rings. The first-order chi connectivity index (χ1) is 7.61. The summed E-state index contributed by atoms with van der Waals surface area (Å²) >= 11 is 0. The van der Waals surface area contributed by atoms with Crippen molar-refractivity contribution >= 4 is 11.4 Å². The zero-order chi connectivity index (χ0) is 11.7. The minimum Gasteiger partial charge on any atom is -0.503 e. The number of benzene rings is 2. The molecule has 0 spiro atoms. The highest BCUT2D eigenvalue weighted by molar-refractivity contribution is 5.87. The van der Waals surface area contributed by atoms with E-state index in [-0.39, 0.29) is 22.9 Å². The van der Waals surface area contributed by atoms with Crippen molar-refractivity contribution in [2.45, 2.75) is 0 Å². The van der Waals surface area contributed by atoms with Crippen molar-refractivity contribution in [1.29, 1.82) is 0 Å². The van der Waals surface area contributed by atoms with Gasteiger partial charge >= 0.3 is 0 Å². The van der Waals surface area contributed by atoms with Crippen molar-refractivity contribution in [2.75, 3.05) is 11.5 Å². The van der Waals surface area contributed by atoms with E-state index in [1.807, 2.05) is 30.3 Å². The van der Waals surface area contributed by atoms with Crippen molar-refractivity contribution < 1.29 is 10.2 Å². The maximum atomic E-state index is 9.57. The lowest BCUT2D eigenvalue weighted by Crippen LogP contribution is -1.95. The molecule has 4 heteroatoms. The second-order valence-corrected chi connectivity index (χ2v) is 3.49. The van der Waals surface area contributed by atoms with Crippen LogP contribution < -0.4 is 11.5 Å². The van der Waals surface area contributed by atoms with Gasteiger partial charge in [-0.1, -0.05) is 30.3 Å². The quantitative estimate of drug-likeness (QED) is 0.433. The summed E-state index contributed by atoms with van der Waals surface area (Å²) in [7, 11) is 0. The monoisotopic (exact) mass is 216 g/mol. The summed E-state index contributed by atoms with van der Waals surface area (Å²) in [4.78, 5) is 0. The van der Waals surface area contributed by atoms with E-state index in [1.54, 1.807) is 6.07 Å². The first kappa shape index (κ1) is 10.2. The Morgan fingerprint density at radius 2 is 1.50 bits per heavy atom. The number of rotatable bonds is 1. The summed E-state index contributed by atoms with van der Waals surface area (Å²) in [5.74, 6) is -0.754. The fourth-order valence-electron chi connectivity index (χ4n) is 1.55. The van der Waals surface area contributed by atoms with Gasteiger partial charge in [-0.25, -0.2) is 0 Å². The third-order valence-electron chi connectivity index (χ3n) is 2.43.